The Morgan fingerprint density at radius 1 is 1.23 bits per heavy atom. The molecule has 0 unspecified atom stereocenters. The van der Waals surface area contributed by atoms with E-state index in [4.69, 9.17) is 9.47 Å². The summed E-state index contributed by atoms with van der Waals surface area (Å²) in [4.78, 5) is 14.2. The second kappa shape index (κ2) is 6.52. The topological polar surface area (TPSA) is 38.8 Å². The van der Waals surface area contributed by atoms with E-state index in [0.717, 1.165) is 23.6 Å². The zero-order valence-electron chi connectivity index (χ0n) is 12.6. The molecule has 1 amide bonds. The molecule has 0 fully saturated rings. The molecule has 0 aromatic heterocycles. The number of hydrogen-bond donors (Lipinski definition) is 0. The largest absolute Gasteiger partial charge is 0.490 e. The molecular formula is C18H19NO3. The number of hydrogen-bond acceptors (Lipinski definition) is 3. The van der Waals surface area contributed by atoms with Gasteiger partial charge in [0, 0.05) is 0 Å². The van der Waals surface area contributed by atoms with Crippen molar-refractivity contribution in [3.8, 4) is 11.5 Å². The second-order valence-corrected chi connectivity index (χ2v) is 5.15. The fourth-order valence-corrected chi connectivity index (χ4v) is 2.51. The molecule has 1 aliphatic heterocycles. The standard InChI is InChI=1S/C18H19NO3/c1-2-14-6-5-7-15(12-14)22-13-18(20)19-10-11-21-17-9-4-3-8-16(17)19/h3-9,12H,2,10-11,13H2,1H3. The van der Waals surface area contributed by atoms with Gasteiger partial charge in [0.1, 0.15) is 18.1 Å². The molecule has 114 valence electrons. The molecule has 0 spiro atoms. The van der Waals surface area contributed by atoms with Gasteiger partial charge in [0.2, 0.25) is 0 Å². The number of rotatable bonds is 4. The van der Waals surface area contributed by atoms with Gasteiger partial charge in [0.25, 0.3) is 5.91 Å². The number of anilines is 1. The number of benzene rings is 2. The fourth-order valence-electron chi connectivity index (χ4n) is 2.51. The molecule has 22 heavy (non-hydrogen) atoms. The maximum absolute atomic E-state index is 12.4. The van der Waals surface area contributed by atoms with Crippen molar-refractivity contribution < 1.29 is 14.3 Å². The van der Waals surface area contributed by atoms with Crippen LogP contribution in [0, 0.1) is 0 Å². The van der Waals surface area contributed by atoms with E-state index in [-0.39, 0.29) is 12.5 Å². The average Bonchev–Trinajstić information content (AvgIpc) is 2.59. The third-order valence-corrected chi connectivity index (χ3v) is 3.70. The van der Waals surface area contributed by atoms with Gasteiger partial charge in [0.15, 0.2) is 6.61 Å². The first-order valence-corrected chi connectivity index (χ1v) is 7.52. The molecule has 0 saturated heterocycles. The summed E-state index contributed by atoms with van der Waals surface area (Å²) in [5.41, 5.74) is 2.01. The molecule has 4 nitrogen and oxygen atoms in total. The fraction of sp³-hybridized carbons (Fsp3) is 0.278. The van der Waals surface area contributed by atoms with Gasteiger partial charge in [-0.1, -0.05) is 31.2 Å². The molecule has 0 bridgehead atoms. The Morgan fingerprint density at radius 3 is 2.95 bits per heavy atom. The van der Waals surface area contributed by atoms with E-state index in [1.165, 1.54) is 5.56 Å². The maximum Gasteiger partial charge on any atom is 0.265 e. The molecule has 2 aromatic carbocycles. The van der Waals surface area contributed by atoms with Crippen LogP contribution in [0.5, 0.6) is 11.5 Å². The van der Waals surface area contributed by atoms with Crippen molar-refractivity contribution in [3.63, 3.8) is 0 Å². The van der Waals surface area contributed by atoms with E-state index >= 15 is 0 Å². The highest BCUT2D eigenvalue weighted by Gasteiger charge is 2.23. The molecule has 1 heterocycles. The Morgan fingerprint density at radius 2 is 2.09 bits per heavy atom. The van der Waals surface area contributed by atoms with Crippen LogP contribution in [0.4, 0.5) is 5.69 Å². The number of fused-ring (bicyclic) bond motifs is 1. The highest BCUT2D eigenvalue weighted by molar-refractivity contribution is 5.96. The smallest absolute Gasteiger partial charge is 0.265 e. The van der Waals surface area contributed by atoms with Gasteiger partial charge in [-0.25, -0.2) is 0 Å². The van der Waals surface area contributed by atoms with Crippen LogP contribution in [0.1, 0.15) is 12.5 Å². The quantitative estimate of drug-likeness (QED) is 0.870. The second-order valence-electron chi connectivity index (χ2n) is 5.15. The van der Waals surface area contributed by atoms with Crippen LogP contribution in [-0.2, 0) is 11.2 Å². The van der Waals surface area contributed by atoms with Crippen molar-refractivity contribution in [2.24, 2.45) is 0 Å². The number of ether oxygens (including phenoxy) is 2. The molecular weight excluding hydrogens is 278 g/mol. The number of carbonyl (C=O) groups excluding carboxylic acids is 1. The number of carbonyl (C=O) groups is 1. The summed E-state index contributed by atoms with van der Waals surface area (Å²) in [6.07, 6.45) is 0.946. The van der Waals surface area contributed by atoms with Gasteiger partial charge in [-0.15, -0.1) is 0 Å². The zero-order valence-corrected chi connectivity index (χ0v) is 12.6. The highest BCUT2D eigenvalue weighted by atomic mass is 16.5. The van der Waals surface area contributed by atoms with Crippen molar-refractivity contribution in [2.75, 3.05) is 24.7 Å². The summed E-state index contributed by atoms with van der Waals surface area (Å²) in [7, 11) is 0. The number of nitrogens with zero attached hydrogens (tertiary/aromatic N) is 1. The Labute approximate surface area is 130 Å². The lowest BCUT2D eigenvalue weighted by atomic mass is 10.2. The molecule has 0 radical (unpaired) electrons. The summed E-state index contributed by atoms with van der Waals surface area (Å²) in [5, 5.41) is 0. The van der Waals surface area contributed by atoms with Crippen LogP contribution in [-0.4, -0.2) is 25.7 Å². The number of para-hydroxylation sites is 2. The lowest BCUT2D eigenvalue weighted by molar-refractivity contribution is -0.120. The molecule has 3 rings (SSSR count). The molecule has 0 atom stereocenters. The van der Waals surface area contributed by atoms with Gasteiger partial charge in [-0.2, -0.15) is 0 Å². The van der Waals surface area contributed by atoms with Gasteiger partial charge in [-0.3, -0.25) is 4.79 Å². The number of aryl methyl sites for hydroxylation is 1. The van der Waals surface area contributed by atoms with E-state index in [2.05, 4.69) is 6.92 Å². The first-order valence-electron chi connectivity index (χ1n) is 7.52. The SMILES string of the molecule is CCc1cccc(OCC(=O)N2CCOc3ccccc32)c1. The summed E-state index contributed by atoms with van der Waals surface area (Å²) in [6, 6.07) is 15.4. The molecule has 0 saturated carbocycles. The van der Waals surface area contributed by atoms with E-state index in [9.17, 15) is 4.79 Å². The summed E-state index contributed by atoms with van der Waals surface area (Å²) in [6.45, 7) is 3.18. The Hall–Kier alpha value is -2.49. The monoisotopic (exact) mass is 297 g/mol. The molecule has 4 heteroatoms. The van der Waals surface area contributed by atoms with Crippen LogP contribution in [0.25, 0.3) is 0 Å². The van der Waals surface area contributed by atoms with Crippen molar-refractivity contribution in [2.45, 2.75) is 13.3 Å². The average molecular weight is 297 g/mol. The van der Waals surface area contributed by atoms with Crippen LogP contribution >= 0.6 is 0 Å². The Bertz CT molecular complexity index is 669. The van der Waals surface area contributed by atoms with Crippen LogP contribution < -0.4 is 14.4 Å². The van der Waals surface area contributed by atoms with Gasteiger partial charge < -0.3 is 14.4 Å². The van der Waals surface area contributed by atoms with Gasteiger partial charge in [0.05, 0.1) is 12.2 Å². The van der Waals surface area contributed by atoms with E-state index in [1.54, 1.807) is 4.90 Å². The van der Waals surface area contributed by atoms with Crippen molar-refractivity contribution in [1.82, 2.24) is 0 Å². The van der Waals surface area contributed by atoms with Crippen LogP contribution in [0.3, 0.4) is 0 Å². The first kappa shape index (κ1) is 14.4. The first-order chi connectivity index (χ1) is 10.8. The third-order valence-electron chi connectivity index (χ3n) is 3.70. The predicted molar refractivity (Wildman–Crippen MR) is 85.6 cm³/mol. The van der Waals surface area contributed by atoms with Crippen LogP contribution in [0.15, 0.2) is 48.5 Å². The Balaban J connectivity index is 1.68. The molecule has 0 N–H and O–H groups in total. The molecule has 1 aliphatic rings. The normalized spacial score (nSPS) is 13.2. The van der Waals surface area contributed by atoms with Crippen molar-refractivity contribution >= 4 is 11.6 Å². The van der Waals surface area contributed by atoms with E-state index in [1.807, 2.05) is 48.5 Å². The van der Waals surface area contributed by atoms with Gasteiger partial charge in [-0.05, 0) is 36.2 Å². The van der Waals surface area contributed by atoms with Crippen molar-refractivity contribution in [3.05, 3.63) is 54.1 Å². The number of amides is 1. The third kappa shape index (κ3) is 3.06. The minimum Gasteiger partial charge on any atom is -0.490 e. The van der Waals surface area contributed by atoms with E-state index < -0.39 is 0 Å². The minimum atomic E-state index is -0.0577. The minimum absolute atomic E-state index is 0.0293. The lowest BCUT2D eigenvalue weighted by Crippen LogP contribution is -2.40. The Kier molecular flexibility index (Phi) is 4.28. The van der Waals surface area contributed by atoms with Crippen LogP contribution in [0.2, 0.25) is 0 Å². The molecule has 0 aliphatic carbocycles. The zero-order chi connectivity index (χ0) is 15.4. The summed E-state index contributed by atoms with van der Waals surface area (Å²) < 4.78 is 11.2. The lowest BCUT2D eigenvalue weighted by Gasteiger charge is -2.29. The van der Waals surface area contributed by atoms with Gasteiger partial charge >= 0.3 is 0 Å². The summed E-state index contributed by atoms with van der Waals surface area (Å²) >= 11 is 0. The maximum atomic E-state index is 12.4. The molecule has 2 aromatic rings. The van der Waals surface area contributed by atoms with E-state index in [0.29, 0.717) is 13.2 Å². The summed E-state index contributed by atoms with van der Waals surface area (Å²) in [5.74, 6) is 1.42. The van der Waals surface area contributed by atoms with Crippen molar-refractivity contribution in [1.29, 1.82) is 0 Å². The highest BCUT2D eigenvalue weighted by Crippen LogP contribution is 2.30. The predicted octanol–water partition coefficient (Wildman–Crippen LogP) is 3.05.